The van der Waals surface area contributed by atoms with Crippen LogP contribution in [0.25, 0.3) is 0 Å². The molecule has 0 amide bonds. The van der Waals surface area contributed by atoms with E-state index in [0.717, 1.165) is 23.3 Å². The van der Waals surface area contributed by atoms with Crippen molar-refractivity contribution >= 4 is 0 Å². The predicted octanol–water partition coefficient (Wildman–Crippen LogP) is 2.83. The summed E-state index contributed by atoms with van der Waals surface area (Å²) in [5.41, 5.74) is 2.23. The van der Waals surface area contributed by atoms with E-state index in [1.54, 1.807) is 0 Å². The first-order valence-corrected chi connectivity index (χ1v) is 5.71. The van der Waals surface area contributed by atoms with Crippen molar-refractivity contribution in [1.82, 2.24) is 10.1 Å². The number of benzene rings is 1. The minimum atomic E-state index is 0.342. The van der Waals surface area contributed by atoms with Gasteiger partial charge in [-0.2, -0.15) is 4.98 Å². The molecule has 90 valence electrons. The first-order valence-electron chi connectivity index (χ1n) is 5.71. The summed E-state index contributed by atoms with van der Waals surface area (Å²) in [6, 6.07) is 6.06. The molecule has 1 aromatic carbocycles. The zero-order valence-corrected chi connectivity index (χ0v) is 10.4. The van der Waals surface area contributed by atoms with E-state index in [9.17, 15) is 0 Å². The van der Waals surface area contributed by atoms with Gasteiger partial charge in [0.15, 0.2) is 6.61 Å². The maximum absolute atomic E-state index is 5.73. The summed E-state index contributed by atoms with van der Waals surface area (Å²) >= 11 is 0. The fraction of sp³-hybridized carbons (Fsp3) is 0.385. The highest BCUT2D eigenvalue weighted by Crippen LogP contribution is 2.22. The largest absolute Gasteiger partial charge is 0.485 e. The van der Waals surface area contributed by atoms with Crippen molar-refractivity contribution in [3.63, 3.8) is 0 Å². The second kappa shape index (κ2) is 4.99. The molecule has 0 aliphatic carbocycles. The van der Waals surface area contributed by atoms with Gasteiger partial charge in [0, 0.05) is 6.42 Å². The molecule has 0 aliphatic heterocycles. The van der Waals surface area contributed by atoms with Gasteiger partial charge in [-0.05, 0) is 25.0 Å². The standard InChI is InChI=1S/C13H16N2O2/c1-4-12-14-11(15-17-12)8-16-13-9(2)6-5-7-10(13)3/h5-7H,4,8H2,1-3H3. The average Bonchev–Trinajstić information content (AvgIpc) is 2.76. The summed E-state index contributed by atoms with van der Waals surface area (Å²) < 4.78 is 10.7. The van der Waals surface area contributed by atoms with Crippen LogP contribution in [-0.2, 0) is 13.0 Å². The average molecular weight is 232 g/mol. The first kappa shape index (κ1) is 11.6. The van der Waals surface area contributed by atoms with Crippen LogP contribution in [-0.4, -0.2) is 10.1 Å². The van der Waals surface area contributed by atoms with Gasteiger partial charge in [-0.25, -0.2) is 0 Å². The summed E-state index contributed by atoms with van der Waals surface area (Å²) in [6.07, 6.45) is 0.746. The van der Waals surface area contributed by atoms with Gasteiger partial charge in [0.05, 0.1) is 0 Å². The molecular formula is C13H16N2O2. The van der Waals surface area contributed by atoms with Gasteiger partial charge in [-0.1, -0.05) is 30.3 Å². The third-order valence-corrected chi connectivity index (χ3v) is 2.57. The van der Waals surface area contributed by atoms with Gasteiger partial charge in [-0.15, -0.1) is 0 Å². The minimum absolute atomic E-state index is 0.342. The summed E-state index contributed by atoms with van der Waals surface area (Å²) in [4.78, 5) is 4.20. The highest BCUT2D eigenvalue weighted by Gasteiger charge is 2.07. The Kier molecular flexibility index (Phi) is 3.42. The van der Waals surface area contributed by atoms with E-state index in [4.69, 9.17) is 9.26 Å². The van der Waals surface area contributed by atoms with E-state index >= 15 is 0 Å². The Morgan fingerprint density at radius 1 is 1.24 bits per heavy atom. The van der Waals surface area contributed by atoms with E-state index in [-0.39, 0.29) is 0 Å². The number of rotatable bonds is 4. The molecule has 2 rings (SSSR count). The van der Waals surface area contributed by atoms with Gasteiger partial charge in [0.25, 0.3) is 0 Å². The molecule has 0 spiro atoms. The van der Waals surface area contributed by atoms with Crippen molar-refractivity contribution in [2.75, 3.05) is 0 Å². The number of nitrogens with zero attached hydrogens (tertiary/aromatic N) is 2. The summed E-state index contributed by atoms with van der Waals surface area (Å²) in [5.74, 6) is 2.13. The molecule has 4 nitrogen and oxygen atoms in total. The van der Waals surface area contributed by atoms with Crippen molar-refractivity contribution in [3.05, 3.63) is 41.0 Å². The summed E-state index contributed by atoms with van der Waals surface area (Å²) in [7, 11) is 0. The highest BCUT2D eigenvalue weighted by atomic mass is 16.5. The van der Waals surface area contributed by atoms with Gasteiger partial charge < -0.3 is 9.26 Å². The molecule has 1 aromatic heterocycles. The monoisotopic (exact) mass is 232 g/mol. The molecule has 0 N–H and O–H groups in total. The van der Waals surface area contributed by atoms with Gasteiger partial charge in [0.1, 0.15) is 5.75 Å². The fourth-order valence-electron chi connectivity index (χ4n) is 1.66. The van der Waals surface area contributed by atoms with Crippen LogP contribution < -0.4 is 4.74 Å². The second-order valence-corrected chi connectivity index (χ2v) is 3.97. The van der Waals surface area contributed by atoms with Gasteiger partial charge >= 0.3 is 0 Å². The summed E-state index contributed by atoms with van der Waals surface area (Å²) in [5, 5.41) is 3.85. The lowest BCUT2D eigenvalue weighted by molar-refractivity contribution is 0.282. The number of para-hydroxylation sites is 1. The van der Waals surface area contributed by atoms with Crippen molar-refractivity contribution < 1.29 is 9.26 Å². The molecule has 17 heavy (non-hydrogen) atoms. The molecule has 0 atom stereocenters. The zero-order chi connectivity index (χ0) is 12.3. The SMILES string of the molecule is CCc1nc(COc2c(C)cccc2C)no1. The molecule has 0 saturated carbocycles. The van der Waals surface area contributed by atoms with Crippen molar-refractivity contribution in [1.29, 1.82) is 0 Å². The smallest absolute Gasteiger partial charge is 0.226 e. The fourth-order valence-corrected chi connectivity index (χ4v) is 1.66. The second-order valence-electron chi connectivity index (χ2n) is 3.97. The van der Waals surface area contributed by atoms with Crippen LogP contribution in [0.2, 0.25) is 0 Å². The third-order valence-electron chi connectivity index (χ3n) is 2.57. The molecular weight excluding hydrogens is 216 g/mol. The van der Waals surface area contributed by atoms with Crippen LogP contribution in [0.15, 0.2) is 22.7 Å². The Morgan fingerprint density at radius 3 is 2.53 bits per heavy atom. The Bertz CT molecular complexity index is 486. The Morgan fingerprint density at radius 2 is 1.94 bits per heavy atom. The molecule has 0 unspecified atom stereocenters. The Balaban J connectivity index is 2.07. The highest BCUT2D eigenvalue weighted by molar-refractivity contribution is 5.39. The quantitative estimate of drug-likeness (QED) is 0.813. The van der Waals surface area contributed by atoms with E-state index in [2.05, 4.69) is 10.1 Å². The number of aryl methyl sites for hydroxylation is 3. The zero-order valence-electron chi connectivity index (χ0n) is 10.4. The van der Waals surface area contributed by atoms with Gasteiger partial charge in [-0.3, -0.25) is 0 Å². The molecule has 0 aliphatic rings. The van der Waals surface area contributed by atoms with E-state index in [1.807, 2.05) is 39.0 Å². The number of hydrogen-bond donors (Lipinski definition) is 0. The van der Waals surface area contributed by atoms with Crippen LogP contribution in [0.5, 0.6) is 5.75 Å². The third kappa shape index (κ3) is 2.64. The summed E-state index contributed by atoms with van der Waals surface area (Å²) in [6.45, 7) is 6.37. The molecule has 1 heterocycles. The molecule has 4 heteroatoms. The number of hydrogen-bond acceptors (Lipinski definition) is 4. The first-order chi connectivity index (χ1) is 8.20. The number of aromatic nitrogens is 2. The van der Waals surface area contributed by atoms with Crippen molar-refractivity contribution in [3.8, 4) is 5.75 Å². The molecule has 0 saturated heterocycles. The van der Waals surface area contributed by atoms with Crippen LogP contribution >= 0.6 is 0 Å². The minimum Gasteiger partial charge on any atom is -0.485 e. The molecule has 0 bridgehead atoms. The maximum atomic E-state index is 5.73. The Labute approximate surface area is 101 Å². The van der Waals surface area contributed by atoms with E-state index in [1.165, 1.54) is 0 Å². The van der Waals surface area contributed by atoms with E-state index < -0.39 is 0 Å². The van der Waals surface area contributed by atoms with Crippen LogP contribution in [0.3, 0.4) is 0 Å². The molecule has 0 radical (unpaired) electrons. The van der Waals surface area contributed by atoms with E-state index in [0.29, 0.717) is 18.3 Å². The number of ether oxygens (including phenoxy) is 1. The lowest BCUT2D eigenvalue weighted by atomic mass is 10.1. The van der Waals surface area contributed by atoms with Crippen LogP contribution in [0.1, 0.15) is 29.8 Å². The topological polar surface area (TPSA) is 48.2 Å². The van der Waals surface area contributed by atoms with Crippen LogP contribution in [0, 0.1) is 13.8 Å². The normalized spacial score (nSPS) is 10.5. The van der Waals surface area contributed by atoms with Crippen molar-refractivity contribution in [2.45, 2.75) is 33.8 Å². The maximum Gasteiger partial charge on any atom is 0.226 e. The predicted molar refractivity (Wildman–Crippen MR) is 63.9 cm³/mol. The molecule has 0 fully saturated rings. The lowest BCUT2D eigenvalue weighted by Gasteiger charge is -2.09. The van der Waals surface area contributed by atoms with Gasteiger partial charge in [0.2, 0.25) is 11.7 Å². The van der Waals surface area contributed by atoms with Crippen molar-refractivity contribution in [2.24, 2.45) is 0 Å². The van der Waals surface area contributed by atoms with Crippen LogP contribution in [0.4, 0.5) is 0 Å². The lowest BCUT2D eigenvalue weighted by Crippen LogP contribution is -2.00. The molecule has 2 aromatic rings. The Hall–Kier alpha value is -1.84.